The van der Waals surface area contributed by atoms with Crippen molar-refractivity contribution >= 4 is 11.8 Å². The summed E-state index contributed by atoms with van der Waals surface area (Å²) in [6.45, 7) is 2.97. The van der Waals surface area contributed by atoms with Crippen molar-refractivity contribution in [2.75, 3.05) is 13.1 Å². The third-order valence-corrected chi connectivity index (χ3v) is 3.57. The average Bonchev–Trinajstić information content (AvgIpc) is 2.35. The molecule has 116 valence electrons. The van der Waals surface area contributed by atoms with Crippen molar-refractivity contribution in [3.8, 4) is 0 Å². The fraction of sp³-hybridized carbons (Fsp3) is 0.833. The number of hydrogen-bond acceptors (Lipinski definition) is 3. The largest absolute Gasteiger partial charge is 0.393 e. The van der Waals surface area contributed by atoms with E-state index in [9.17, 15) is 22.8 Å². The number of alkyl halides is 3. The van der Waals surface area contributed by atoms with Crippen LogP contribution in [0.2, 0.25) is 0 Å². The van der Waals surface area contributed by atoms with E-state index >= 15 is 0 Å². The molecule has 0 aliphatic carbocycles. The van der Waals surface area contributed by atoms with Gasteiger partial charge in [0, 0.05) is 13.1 Å². The van der Waals surface area contributed by atoms with Crippen LogP contribution in [0.5, 0.6) is 0 Å². The lowest BCUT2D eigenvalue weighted by molar-refractivity contribution is -0.180. The topological polar surface area (TPSA) is 84.2 Å². The summed E-state index contributed by atoms with van der Waals surface area (Å²) in [7, 11) is 0. The molecular formula is C12H20F3N3O2. The second-order valence-corrected chi connectivity index (χ2v) is 5.74. The highest BCUT2D eigenvalue weighted by molar-refractivity contribution is 5.84. The van der Waals surface area contributed by atoms with Crippen LogP contribution in [0.3, 0.4) is 0 Å². The molecule has 1 saturated heterocycles. The van der Waals surface area contributed by atoms with Gasteiger partial charge in [-0.1, -0.05) is 0 Å². The minimum Gasteiger partial charge on any atom is -0.369 e. The Hall–Kier alpha value is -1.31. The molecule has 5 nitrogen and oxygen atoms in total. The van der Waals surface area contributed by atoms with E-state index in [1.165, 1.54) is 0 Å². The first-order valence-electron chi connectivity index (χ1n) is 6.42. The van der Waals surface area contributed by atoms with Gasteiger partial charge < -0.3 is 16.4 Å². The molecule has 0 saturated carbocycles. The van der Waals surface area contributed by atoms with Crippen LogP contribution in [0.15, 0.2) is 0 Å². The molecule has 0 bridgehead atoms. The number of amides is 2. The molecule has 2 unspecified atom stereocenters. The second-order valence-electron chi connectivity index (χ2n) is 5.74. The molecule has 1 rings (SSSR count). The van der Waals surface area contributed by atoms with Crippen molar-refractivity contribution in [2.45, 2.75) is 38.9 Å². The van der Waals surface area contributed by atoms with Gasteiger partial charge in [0.15, 0.2) is 0 Å². The van der Waals surface area contributed by atoms with Crippen LogP contribution in [-0.4, -0.2) is 37.1 Å². The number of hydrogen-bond donors (Lipinski definition) is 3. The zero-order valence-electron chi connectivity index (χ0n) is 11.5. The number of nitrogens with two attached hydrogens (primary N) is 1. The Labute approximate surface area is 115 Å². The SMILES string of the molecule is CC(C)(CNC(=O)C1CCC(C(F)(F)F)CN1)C(N)=O. The van der Waals surface area contributed by atoms with Gasteiger partial charge in [0.1, 0.15) is 0 Å². The van der Waals surface area contributed by atoms with Gasteiger partial charge >= 0.3 is 6.18 Å². The van der Waals surface area contributed by atoms with Crippen molar-refractivity contribution < 1.29 is 22.8 Å². The maximum atomic E-state index is 12.5. The molecule has 0 spiro atoms. The molecule has 2 amide bonds. The van der Waals surface area contributed by atoms with Gasteiger partial charge in [-0.15, -0.1) is 0 Å². The van der Waals surface area contributed by atoms with Crippen LogP contribution in [0.25, 0.3) is 0 Å². The summed E-state index contributed by atoms with van der Waals surface area (Å²) in [4.78, 5) is 22.9. The Kier molecular flexibility index (Phi) is 5.01. The standard InChI is InChI=1S/C12H20F3N3O2/c1-11(2,10(16)20)6-18-9(19)8-4-3-7(5-17-8)12(13,14)15/h7-8,17H,3-6H2,1-2H3,(H2,16,20)(H,18,19). The number of rotatable bonds is 4. The maximum absolute atomic E-state index is 12.5. The summed E-state index contributed by atoms with van der Waals surface area (Å²) < 4.78 is 37.4. The van der Waals surface area contributed by atoms with Gasteiger partial charge in [-0.3, -0.25) is 9.59 Å². The summed E-state index contributed by atoms with van der Waals surface area (Å²) in [5.41, 5.74) is 4.28. The van der Waals surface area contributed by atoms with E-state index in [-0.39, 0.29) is 25.9 Å². The molecule has 4 N–H and O–H groups in total. The lowest BCUT2D eigenvalue weighted by Gasteiger charge is -2.31. The van der Waals surface area contributed by atoms with Crippen molar-refractivity contribution in [3.05, 3.63) is 0 Å². The van der Waals surface area contributed by atoms with Crippen molar-refractivity contribution in [2.24, 2.45) is 17.1 Å². The number of primary amides is 1. The molecule has 1 heterocycles. The number of piperidine rings is 1. The highest BCUT2D eigenvalue weighted by atomic mass is 19.4. The lowest BCUT2D eigenvalue weighted by Crippen LogP contribution is -2.53. The first-order chi connectivity index (χ1) is 9.04. The molecule has 1 aliphatic heterocycles. The number of halogens is 3. The van der Waals surface area contributed by atoms with Crippen molar-refractivity contribution in [3.63, 3.8) is 0 Å². The van der Waals surface area contributed by atoms with Crippen molar-refractivity contribution in [1.29, 1.82) is 0 Å². The zero-order chi connectivity index (χ0) is 15.6. The van der Waals surface area contributed by atoms with Crippen LogP contribution >= 0.6 is 0 Å². The van der Waals surface area contributed by atoms with Gasteiger partial charge in [-0.25, -0.2) is 0 Å². The Bertz CT molecular complexity index is 375. The van der Waals surface area contributed by atoms with E-state index in [0.29, 0.717) is 0 Å². The van der Waals surface area contributed by atoms with E-state index in [1.54, 1.807) is 13.8 Å². The number of nitrogens with one attached hydrogen (secondary N) is 2. The zero-order valence-corrected chi connectivity index (χ0v) is 11.5. The van der Waals surface area contributed by atoms with Gasteiger partial charge in [-0.2, -0.15) is 13.2 Å². The molecule has 0 radical (unpaired) electrons. The van der Waals surface area contributed by atoms with Gasteiger partial charge in [0.25, 0.3) is 0 Å². The van der Waals surface area contributed by atoms with E-state index in [0.717, 1.165) is 0 Å². The fourth-order valence-electron chi connectivity index (χ4n) is 1.88. The van der Waals surface area contributed by atoms with Crippen LogP contribution in [0.1, 0.15) is 26.7 Å². The molecule has 1 fully saturated rings. The highest BCUT2D eigenvalue weighted by Crippen LogP contribution is 2.31. The molecular weight excluding hydrogens is 275 g/mol. The van der Waals surface area contributed by atoms with Crippen LogP contribution in [0, 0.1) is 11.3 Å². The Morgan fingerprint density at radius 1 is 1.30 bits per heavy atom. The summed E-state index contributed by atoms with van der Waals surface area (Å²) >= 11 is 0. The number of carbonyl (C=O) groups is 2. The molecule has 0 aromatic rings. The molecule has 8 heteroatoms. The molecule has 0 aromatic heterocycles. The van der Waals surface area contributed by atoms with E-state index in [1.807, 2.05) is 0 Å². The summed E-state index contributed by atoms with van der Waals surface area (Å²) in [5, 5.41) is 5.14. The first-order valence-corrected chi connectivity index (χ1v) is 6.42. The minimum absolute atomic E-state index is 0.0576. The van der Waals surface area contributed by atoms with E-state index in [4.69, 9.17) is 5.73 Å². The summed E-state index contributed by atoms with van der Waals surface area (Å²) in [5.74, 6) is -2.36. The Balaban J connectivity index is 2.42. The van der Waals surface area contributed by atoms with Crippen LogP contribution in [0.4, 0.5) is 13.2 Å². The summed E-state index contributed by atoms with van der Waals surface area (Å²) in [6.07, 6.45) is -4.19. The predicted octanol–water partition coefficient (Wildman–Crippen LogP) is 0.545. The van der Waals surface area contributed by atoms with Crippen LogP contribution in [-0.2, 0) is 9.59 Å². The number of carbonyl (C=O) groups excluding carboxylic acids is 2. The quantitative estimate of drug-likeness (QED) is 0.708. The van der Waals surface area contributed by atoms with Gasteiger partial charge in [0.05, 0.1) is 17.4 Å². The smallest absolute Gasteiger partial charge is 0.369 e. The predicted molar refractivity (Wildman–Crippen MR) is 66.6 cm³/mol. The van der Waals surface area contributed by atoms with Crippen molar-refractivity contribution in [1.82, 2.24) is 10.6 Å². The fourth-order valence-corrected chi connectivity index (χ4v) is 1.88. The minimum atomic E-state index is -4.23. The second kappa shape index (κ2) is 5.99. The monoisotopic (exact) mass is 295 g/mol. The average molecular weight is 295 g/mol. The third kappa shape index (κ3) is 4.36. The molecule has 2 atom stereocenters. The molecule has 20 heavy (non-hydrogen) atoms. The normalized spacial score (nSPS) is 24.2. The van der Waals surface area contributed by atoms with Gasteiger partial charge in [0.2, 0.25) is 11.8 Å². The summed E-state index contributed by atoms with van der Waals surface area (Å²) in [6, 6.07) is -0.655. The van der Waals surface area contributed by atoms with E-state index in [2.05, 4.69) is 10.6 Å². The lowest BCUT2D eigenvalue weighted by atomic mass is 9.91. The Morgan fingerprint density at radius 3 is 2.30 bits per heavy atom. The van der Waals surface area contributed by atoms with Gasteiger partial charge in [-0.05, 0) is 26.7 Å². The van der Waals surface area contributed by atoms with E-state index < -0.39 is 35.4 Å². The maximum Gasteiger partial charge on any atom is 0.393 e. The molecule has 0 aromatic carbocycles. The van der Waals surface area contributed by atoms with Crippen LogP contribution < -0.4 is 16.4 Å². The molecule has 1 aliphatic rings. The Morgan fingerprint density at radius 2 is 1.90 bits per heavy atom. The third-order valence-electron chi connectivity index (χ3n) is 3.57. The first kappa shape index (κ1) is 16.7. The highest BCUT2D eigenvalue weighted by Gasteiger charge is 2.42.